The smallest absolute Gasteiger partial charge is 0.336 e. The van der Waals surface area contributed by atoms with Gasteiger partial charge in [-0.15, -0.1) is 0 Å². The van der Waals surface area contributed by atoms with Gasteiger partial charge in [-0.05, 0) is 42.3 Å². The highest BCUT2D eigenvalue weighted by Gasteiger charge is 2.28. The standard InChI is InChI=1S/C26H22N2O4/c1-16-8-7-12-20(26(31)32)23(16)24(29)22(28-25(30)17-9-3-2-4-10-17)14-18-15-27-21-13-6-5-11-19(18)21/h2-13,15,22,27H,14H2,1H3,(H,28,30)(H,31,32)/t22-/m0/s1. The Balaban J connectivity index is 1.74. The number of fused-ring (bicyclic) bond motifs is 1. The predicted molar refractivity (Wildman–Crippen MR) is 122 cm³/mol. The van der Waals surface area contributed by atoms with E-state index in [-0.39, 0.29) is 17.5 Å². The summed E-state index contributed by atoms with van der Waals surface area (Å²) in [5.41, 5.74) is 2.79. The molecule has 32 heavy (non-hydrogen) atoms. The molecular formula is C26H22N2O4. The van der Waals surface area contributed by atoms with E-state index >= 15 is 0 Å². The molecule has 3 aromatic carbocycles. The zero-order valence-electron chi connectivity index (χ0n) is 17.5. The molecule has 6 nitrogen and oxygen atoms in total. The number of benzene rings is 3. The number of carboxylic acid groups (broad SMARTS) is 1. The van der Waals surface area contributed by atoms with Gasteiger partial charge in [0.25, 0.3) is 5.91 Å². The van der Waals surface area contributed by atoms with Crippen LogP contribution < -0.4 is 5.32 Å². The molecular weight excluding hydrogens is 404 g/mol. The van der Waals surface area contributed by atoms with Crippen LogP contribution in [0.15, 0.2) is 79.0 Å². The fourth-order valence-electron chi connectivity index (χ4n) is 3.91. The SMILES string of the molecule is Cc1cccc(C(=O)O)c1C(=O)[C@H](Cc1c[nH]c2ccccc12)NC(=O)c1ccccc1. The minimum Gasteiger partial charge on any atom is -0.478 e. The summed E-state index contributed by atoms with van der Waals surface area (Å²) in [6.45, 7) is 1.70. The monoisotopic (exact) mass is 426 g/mol. The van der Waals surface area contributed by atoms with Crippen LogP contribution in [0, 0.1) is 6.92 Å². The molecule has 0 saturated heterocycles. The Labute approximate surface area is 184 Å². The van der Waals surface area contributed by atoms with Gasteiger partial charge in [-0.2, -0.15) is 0 Å². The van der Waals surface area contributed by atoms with E-state index in [0.29, 0.717) is 11.1 Å². The lowest BCUT2D eigenvalue weighted by Gasteiger charge is -2.20. The third-order valence-corrected chi connectivity index (χ3v) is 5.51. The van der Waals surface area contributed by atoms with Gasteiger partial charge in [0.1, 0.15) is 0 Å². The average molecular weight is 426 g/mol. The fourth-order valence-corrected chi connectivity index (χ4v) is 3.91. The largest absolute Gasteiger partial charge is 0.478 e. The van der Waals surface area contributed by atoms with Crippen molar-refractivity contribution in [1.82, 2.24) is 10.3 Å². The van der Waals surface area contributed by atoms with E-state index in [1.165, 1.54) is 6.07 Å². The summed E-state index contributed by atoms with van der Waals surface area (Å²) in [6.07, 6.45) is 2.03. The first-order chi connectivity index (χ1) is 15.5. The minimum absolute atomic E-state index is 0.0760. The van der Waals surface area contributed by atoms with Gasteiger partial charge >= 0.3 is 5.97 Å². The number of H-pyrrole nitrogens is 1. The number of carbonyl (C=O) groups excluding carboxylic acids is 2. The van der Waals surface area contributed by atoms with Crippen molar-refractivity contribution in [2.45, 2.75) is 19.4 Å². The Morgan fingerprint density at radius 3 is 2.41 bits per heavy atom. The zero-order chi connectivity index (χ0) is 22.7. The van der Waals surface area contributed by atoms with Gasteiger partial charge in [-0.25, -0.2) is 4.79 Å². The molecule has 0 spiro atoms. The Kier molecular flexibility index (Phi) is 5.85. The van der Waals surface area contributed by atoms with E-state index in [0.717, 1.165) is 16.5 Å². The van der Waals surface area contributed by atoms with Gasteiger partial charge in [-0.3, -0.25) is 9.59 Å². The van der Waals surface area contributed by atoms with Gasteiger partial charge in [0.15, 0.2) is 5.78 Å². The number of nitrogens with one attached hydrogen (secondary N) is 2. The number of ketones is 1. The van der Waals surface area contributed by atoms with Crippen molar-refractivity contribution < 1.29 is 19.5 Å². The lowest BCUT2D eigenvalue weighted by atomic mass is 9.91. The van der Waals surface area contributed by atoms with Crippen LogP contribution in [0.25, 0.3) is 10.9 Å². The fraction of sp³-hybridized carbons (Fsp3) is 0.115. The molecule has 0 unspecified atom stereocenters. The van der Waals surface area contributed by atoms with Gasteiger partial charge in [-0.1, -0.05) is 48.5 Å². The molecule has 0 aliphatic heterocycles. The molecule has 4 aromatic rings. The Morgan fingerprint density at radius 2 is 1.66 bits per heavy atom. The highest BCUT2D eigenvalue weighted by atomic mass is 16.4. The van der Waals surface area contributed by atoms with Gasteiger partial charge in [0.05, 0.1) is 11.6 Å². The molecule has 0 bridgehead atoms. The topological polar surface area (TPSA) is 99.3 Å². The number of carboxylic acids is 1. The Morgan fingerprint density at radius 1 is 0.938 bits per heavy atom. The van der Waals surface area contributed by atoms with Crippen LogP contribution in [0.2, 0.25) is 0 Å². The lowest BCUT2D eigenvalue weighted by Crippen LogP contribution is -2.43. The quantitative estimate of drug-likeness (QED) is 0.382. The number of rotatable bonds is 7. The molecule has 0 fully saturated rings. The molecule has 6 heteroatoms. The third-order valence-electron chi connectivity index (χ3n) is 5.51. The van der Waals surface area contributed by atoms with Crippen molar-refractivity contribution in [2.75, 3.05) is 0 Å². The van der Waals surface area contributed by atoms with E-state index in [2.05, 4.69) is 10.3 Å². The van der Waals surface area contributed by atoms with E-state index in [1.54, 1.807) is 49.4 Å². The molecule has 1 aromatic heterocycles. The highest BCUT2D eigenvalue weighted by molar-refractivity contribution is 6.11. The first-order valence-electron chi connectivity index (χ1n) is 10.2. The number of para-hydroxylation sites is 1. The van der Waals surface area contributed by atoms with Crippen LogP contribution in [0.3, 0.4) is 0 Å². The van der Waals surface area contributed by atoms with Crippen molar-refractivity contribution in [3.63, 3.8) is 0 Å². The molecule has 0 saturated carbocycles. The summed E-state index contributed by atoms with van der Waals surface area (Å²) >= 11 is 0. The van der Waals surface area contributed by atoms with Crippen molar-refractivity contribution >= 4 is 28.6 Å². The Hall–Kier alpha value is -4.19. The normalized spacial score (nSPS) is 11.8. The number of aryl methyl sites for hydroxylation is 1. The average Bonchev–Trinajstić information content (AvgIpc) is 3.21. The minimum atomic E-state index is -1.18. The van der Waals surface area contributed by atoms with Crippen LogP contribution in [0.5, 0.6) is 0 Å². The van der Waals surface area contributed by atoms with Gasteiger partial charge in [0.2, 0.25) is 0 Å². The molecule has 160 valence electrons. The zero-order valence-corrected chi connectivity index (χ0v) is 17.5. The summed E-state index contributed by atoms with van der Waals surface area (Å²) in [5, 5.41) is 13.4. The summed E-state index contributed by atoms with van der Waals surface area (Å²) in [6, 6.07) is 20.1. The second kappa shape index (κ2) is 8.89. The van der Waals surface area contributed by atoms with Gasteiger partial charge < -0.3 is 15.4 Å². The van der Waals surface area contributed by atoms with Crippen molar-refractivity contribution in [3.8, 4) is 0 Å². The van der Waals surface area contributed by atoms with E-state index in [1.807, 2.05) is 30.5 Å². The second-order valence-corrected chi connectivity index (χ2v) is 7.62. The number of hydrogen-bond acceptors (Lipinski definition) is 3. The van der Waals surface area contributed by atoms with Crippen LogP contribution in [0.1, 0.15) is 42.2 Å². The number of aromatic nitrogens is 1. The highest BCUT2D eigenvalue weighted by Crippen LogP contribution is 2.23. The maximum atomic E-state index is 13.6. The third kappa shape index (κ3) is 4.16. The van der Waals surface area contributed by atoms with Crippen molar-refractivity contribution in [2.24, 2.45) is 0 Å². The second-order valence-electron chi connectivity index (χ2n) is 7.62. The van der Waals surface area contributed by atoms with E-state index in [9.17, 15) is 19.5 Å². The summed E-state index contributed by atoms with van der Waals surface area (Å²) < 4.78 is 0. The van der Waals surface area contributed by atoms with Gasteiger partial charge in [0, 0.05) is 34.6 Å². The summed E-state index contributed by atoms with van der Waals surface area (Å²) in [5.74, 6) is -2.01. The molecule has 1 heterocycles. The molecule has 0 radical (unpaired) electrons. The number of Topliss-reactive ketones (excluding diaryl/α,β-unsaturated/α-hetero) is 1. The number of hydrogen-bond donors (Lipinski definition) is 3. The molecule has 3 N–H and O–H groups in total. The van der Waals surface area contributed by atoms with E-state index < -0.39 is 23.7 Å². The molecule has 4 rings (SSSR count). The van der Waals surface area contributed by atoms with Crippen LogP contribution in [-0.2, 0) is 6.42 Å². The first kappa shape index (κ1) is 21.1. The van der Waals surface area contributed by atoms with Crippen LogP contribution >= 0.6 is 0 Å². The van der Waals surface area contributed by atoms with Crippen LogP contribution in [0.4, 0.5) is 0 Å². The summed E-state index contributed by atoms with van der Waals surface area (Å²) in [4.78, 5) is 41.5. The first-order valence-corrected chi connectivity index (χ1v) is 10.2. The van der Waals surface area contributed by atoms with Crippen molar-refractivity contribution in [1.29, 1.82) is 0 Å². The number of aromatic amines is 1. The maximum Gasteiger partial charge on any atom is 0.336 e. The van der Waals surface area contributed by atoms with Crippen LogP contribution in [-0.4, -0.2) is 33.8 Å². The molecule has 1 amide bonds. The van der Waals surface area contributed by atoms with Crippen molar-refractivity contribution in [3.05, 3.63) is 107 Å². The predicted octanol–water partition coefficient (Wildman–Crippen LogP) is 4.40. The molecule has 0 aliphatic rings. The number of aromatic carboxylic acids is 1. The molecule has 1 atom stereocenters. The Bertz CT molecular complexity index is 1310. The number of carbonyl (C=O) groups is 3. The maximum absolute atomic E-state index is 13.6. The molecule has 0 aliphatic carbocycles. The lowest BCUT2D eigenvalue weighted by molar-refractivity contribution is 0.0691. The summed E-state index contributed by atoms with van der Waals surface area (Å²) in [7, 11) is 0. The number of amides is 1. The van der Waals surface area contributed by atoms with E-state index in [4.69, 9.17) is 0 Å².